The van der Waals surface area contributed by atoms with E-state index in [4.69, 9.17) is 32.7 Å². The van der Waals surface area contributed by atoms with Crippen molar-refractivity contribution in [3.63, 3.8) is 0 Å². The summed E-state index contributed by atoms with van der Waals surface area (Å²) in [5, 5.41) is 13.6. The Morgan fingerprint density at radius 1 is 1.42 bits per heavy atom. The van der Waals surface area contributed by atoms with Gasteiger partial charge in [0.1, 0.15) is 18.0 Å². The maximum Gasteiger partial charge on any atom is 0.330 e. The highest BCUT2D eigenvalue weighted by atomic mass is 35.5. The molecule has 24 heavy (non-hydrogen) atoms. The van der Waals surface area contributed by atoms with Crippen LogP contribution in [0.3, 0.4) is 0 Å². The second-order valence-electron chi connectivity index (χ2n) is 6.05. The minimum Gasteiger partial charge on any atom is -0.488 e. The number of nitrogens with one attached hydrogen (secondary N) is 1. The predicted molar refractivity (Wildman–Crippen MR) is 90.7 cm³/mol. The normalized spacial score (nSPS) is 30.1. The maximum atomic E-state index is 11.8. The lowest BCUT2D eigenvalue weighted by atomic mass is 9.79. The van der Waals surface area contributed by atoms with Gasteiger partial charge in [0.25, 0.3) is 0 Å². The fourth-order valence-electron chi connectivity index (χ4n) is 3.74. The molecule has 5 nitrogen and oxygen atoms in total. The molecule has 0 spiro atoms. The van der Waals surface area contributed by atoms with Crippen LogP contribution in [0.25, 0.3) is 0 Å². The Kier molecular flexibility index (Phi) is 3.75. The second-order valence-corrected chi connectivity index (χ2v) is 6.89. The number of carboxylic acids is 1. The first kappa shape index (κ1) is 15.8. The number of anilines is 1. The summed E-state index contributed by atoms with van der Waals surface area (Å²) in [4.78, 5) is 11.8. The first-order chi connectivity index (χ1) is 11.5. The van der Waals surface area contributed by atoms with Crippen LogP contribution in [0.15, 0.2) is 35.6 Å². The Morgan fingerprint density at radius 2 is 2.21 bits per heavy atom. The minimum absolute atomic E-state index is 0.209. The van der Waals surface area contributed by atoms with Gasteiger partial charge in [-0.1, -0.05) is 35.4 Å². The van der Waals surface area contributed by atoms with Crippen LogP contribution in [0.2, 0.25) is 10.0 Å². The third kappa shape index (κ3) is 2.23. The van der Waals surface area contributed by atoms with Crippen molar-refractivity contribution in [3.05, 3.63) is 51.2 Å². The Morgan fingerprint density at radius 3 is 2.92 bits per heavy atom. The molecule has 2 heterocycles. The van der Waals surface area contributed by atoms with Gasteiger partial charge < -0.3 is 19.9 Å². The number of ether oxygens (including phenoxy) is 2. The molecule has 0 bridgehead atoms. The molecule has 1 aromatic rings. The van der Waals surface area contributed by atoms with Gasteiger partial charge in [0, 0.05) is 34.0 Å². The Bertz CT molecular complexity index is 789. The molecule has 0 amide bonds. The van der Waals surface area contributed by atoms with E-state index >= 15 is 0 Å². The topological polar surface area (TPSA) is 67.8 Å². The molecule has 4 unspecified atom stereocenters. The number of benzene rings is 1. The van der Waals surface area contributed by atoms with Gasteiger partial charge in [0.05, 0.1) is 5.92 Å². The molecule has 4 atom stereocenters. The first-order valence-corrected chi connectivity index (χ1v) is 8.35. The zero-order valence-electron chi connectivity index (χ0n) is 12.8. The molecule has 2 aliphatic heterocycles. The maximum absolute atomic E-state index is 11.8. The van der Waals surface area contributed by atoms with Gasteiger partial charge in [-0.25, -0.2) is 4.79 Å². The standard InChI is InChI=1S/C17H15Cl2NO4/c1-23-11-4-2-3-8-12-13-9(19)5-7(18)6-10(13)20-14(17(21)22)16(12)24-15(8)11/h2-3,5-6,11-12,14,16,20H,4H2,1H3,(H,21,22). The molecule has 0 aromatic heterocycles. The van der Waals surface area contributed by atoms with Crippen molar-refractivity contribution < 1.29 is 19.4 Å². The lowest BCUT2D eigenvalue weighted by Gasteiger charge is -2.35. The van der Waals surface area contributed by atoms with Crippen molar-refractivity contribution in [2.24, 2.45) is 0 Å². The summed E-state index contributed by atoms with van der Waals surface area (Å²) < 4.78 is 11.5. The van der Waals surface area contributed by atoms with Crippen molar-refractivity contribution in [2.45, 2.75) is 30.6 Å². The zero-order valence-corrected chi connectivity index (χ0v) is 14.3. The van der Waals surface area contributed by atoms with E-state index in [2.05, 4.69) is 5.32 Å². The van der Waals surface area contributed by atoms with E-state index < -0.39 is 18.1 Å². The summed E-state index contributed by atoms with van der Waals surface area (Å²) in [5.74, 6) is -0.553. The predicted octanol–water partition coefficient (Wildman–Crippen LogP) is 3.58. The monoisotopic (exact) mass is 367 g/mol. The second kappa shape index (κ2) is 5.69. The third-order valence-electron chi connectivity index (χ3n) is 4.75. The molecule has 0 saturated heterocycles. The van der Waals surface area contributed by atoms with Gasteiger partial charge in [-0.2, -0.15) is 0 Å². The fourth-order valence-corrected chi connectivity index (χ4v) is 4.35. The van der Waals surface area contributed by atoms with E-state index in [-0.39, 0.29) is 12.0 Å². The quantitative estimate of drug-likeness (QED) is 0.835. The summed E-state index contributed by atoms with van der Waals surface area (Å²) >= 11 is 12.5. The number of methoxy groups -OCH3 is 1. The average molecular weight is 368 g/mol. The molecule has 3 aliphatic rings. The summed E-state index contributed by atoms with van der Waals surface area (Å²) in [6.07, 6.45) is 3.90. The number of halogens is 2. The van der Waals surface area contributed by atoms with E-state index in [0.717, 1.165) is 11.1 Å². The van der Waals surface area contributed by atoms with Crippen LogP contribution >= 0.6 is 23.2 Å². The van der Waals surface area contributed by atoms with Gasteiger partial charge in [0.2, 0.25) is 0 Å². The average Bonchev–Trinajstić information content (AvgIpc) is 2.92. The molecule has 0 saturated carbocycles. The fraction of sp³-hybridized carbons (Fsp3) is 0.353. The largest absolute Gasteiger partial charge is 0.488 e. The van der Waals surface area contributed by atoms with Crippen molar-refractivity contribution in [1.82, 2.24) is 0 Å². The molecule has 0 radical (unpaired) electrons. The van der Waals surface area contributed by atoms with Crippen molar-refractivity contribution in [2.75, 3.05) is 12.4 Å². The molecule has 1 aromatic carbocycles. The Labute approximate surface area is 148 Å². The van der Waals surface area contributed by atoms with Crippen LogP contribution in [-0.4, -0.2) is 36.4 Å². The summed E-state index contributed by atoms with van der Waals surface area (Å²) in [6, 6.07) is 2.47. The Hall–Kier alpha value is -1.69. The van der Waals surface area contributed by atoms with E-state index in [0.29, 0.717) is 27.9 Å². The number of carbonyl (C=O) groups is 1. The molecule has 7 heteroatoms. The van der Waals surface area contributed by atoms with Gasteiger partial charge in [0.15, 0.2) is 6.04 Å². The molecule has 0 fully saturated rings. The number of carboxylic acid groups (broad SMARTS) is 1. The summed E-state index contributed by atoms with van der Waals surface area (Å²) in [6.45, 7) is 0. The lowest BCUT2D eigenvalue weighted by molar-refractivity contribution is -0.141. The highest BCUT2D eigenvalue weighted by Gasteiger charge is 2.51. The number of aliphatic carboxylic acids is 1. The van der Waals surface area contributed by atoms with Gasteiger partial charge >= 0.3 is 5.97 Å². The number of allylic oxidation sites excluding steroid dienone is 1. The highest BCUT2D eigenvalue weighted by Crippen LogP contribution is 2.52. The number of hydrogen-bond acceptors (Lipinski definition) is 4. The minimum atomic E-state index is -0.982. The van der Waals surface area contributed by atoms with Gasteiger partial charge in [-0.05, 0) is 18.6 Å². The third-order valence-corrected chi connectivity index (χ3v) is 5.28. The van der Waals surface area contributed by atoms with Crippen molar-refractivity contribution in [1.29, 1.82) is 0 Å². The molecular weight excluding hydrogens is 353 g/mol. The van der Waals surface area contributed by atoms with Crippen molar-refractivity contribution >= 4 is 34.9 Å². The molecule has 4 rings (SSSR count). The lowest BCUT2D eigenvalue weighted by Crippen LogP contribution is -2.47. The van der Waals surface area contributed by atoms with Crippen LogP contribution in [-0.2, 0) is 14.3 Å². The van der Waals surface area contributed by atoms with Gasteiger partial charge in [-0.3, -0.25) is 0 Å². The zero-order chi connectivity index (χ0) is 17.0. The van der Waals surface area contributed by atoms with E-state index in [1.54, 1.807) is 19.2 Å². The molecular formula is C17H15Cl2NO4. The van der Waals surface area contributed by atoms with E-state index in [9.17, 15) is 9.90 Å². The molecule has 1 aliphatic carbocycles. The number of fused-ring (bicyclic) bond motifs is 4. The highest BCUT2D eigenvalue weighted by molar-refractivity contribution is 6.35. The van der Waals surface area contributed by atoms with E-state index in [1.165, 1.54) is 0 Å². The summed E-state index contributed by atoms with van der Waals surface area (Å²) in [5.41, 5.74) is 2.37. The van der Waals surface area contributed by atoms with Crippen LogP contribution in [0.1, 0.15) is 17.9 Å². The van der Waals surface area contributed by atoms with Crippen LogP contribution in [0, 0.1) is 0 Å². The van der Waals surface area contributed by atoms with Crippen LogP contribution in [0.4, 0.5) is 5.69 Å². The van der Waals surface area contributed by atoms with Crippen molar-refractivity contribution in [3.8, 4) is 0 Å². The Balaban J connectivity index is 1.90. The van der Waals surface area contributed by atoms with Crippen LogP contribution < -0.4 is 5.32 Å². The molecule has 126 valence electrons. The van der Waals surface area contributed by atoms with Crippen LogP contribution in [0.5, 0.6) is 0 Å². The molecule has 2 N–H and O–H groups in total. The number of hydrogen-bond donors (Lipinski definition) is 2. The number of rotatable bonds is 2. The van der Waals surface area contributed by atoms with E-state index in [1.807, 2.05) is 12.2 Å². The smallest absolute Gasteiger partial charge is 0.330 e. The SMILES string of the molecule is COC1CC=CC2=C1OC1C(C(=O)O)Nc3cc(Cl)cc(Cl)c3C21. The van der Waals surface area contributed by atoms with Gasteiger partial charge in [-0.15, -0.1) is 0 Å². The first-order valence-electron chi connectivity index (χ1n) is 7.59. The summed E-state index contributed by atoms with van der Waals surface area (Å²) in [7, 11) is 1.62.